The molecular formula is C28H30N4O3S. The van der Waals surface area contributed by atoms with Crippen LogP contribution in [-0.2, 0) is 16.1 Å². The van der Waals surface area contributed by atoms with Crippen LogP contribution in [0, 0.1) is 0 Å². The Morgan fingerprint density at radius 1 is 1.03 bits per heavy atom. The van der Waals surface area contributed by atoms with Crippen molar-refractivity contribution in [3.8, 4) is 11.1 Å². The number of primary amides is 1. The average molecular weight is 503 g/mol. The molecule has 1 aliphatic rings. The first-order chi connectivity index (χ1) is 17.1. The summed E-state index contributed by atoms with van der Waals surface area (Å²) in [5.41, 5.74) is 14.7. The van der Waals surface area contributed by atoms with Crippen LogP contribution in [-0.4, -0.2) is 35.1 Å². The van der Waals surface area contributed by atoms with Gasteiger partial charge in [0.1, 0.15) is 6.04 Å². The third-order valence-corrected chi connectivity index (χ3v) is 7.03. The van der Waals surface area contributed by atoms with Crippen molar-refractivity contribution in [1.82, 2.24) is 5.32 Å². The molecule has 3 aromatic carbocycles. The number of thioether (sulfide) groups is 1. The van der Waals surface area contributed by atoms with E-state index in [1.54, 1.807) is 42.6 Å². The molecule has 0 bridgehead atoms. The van der Waals surface area contributed by atoms with E-state index in [-0.39, 0.29) is 18.2 Å². The molecule has 1 heterocycles. The van der Waals surface area contributed by atoms with Crippen molar-refractivity contribution in [3.05, 3.63) is 83.9 Å². The van der Waals surface area contributed by atoms with E-state index in [1.807, 2.05) is 60.7 Å². The van der Waals surface area contributed by atoms with Crippen LogP contribution in [0.1, 0.15) is 36.2 Å². The molecule has 0 radical (unpaired) electrons. The van der Waals surface area contributed by atoms with E-state index >= 15 is 0 Å². The lowest BCUT2D eigenvalue weighted by molar-refractivity contribution is -0.127. The molecule has 36 heavy (non-hydrogen) atoms. The van der Waals surface area contributed by atoms with Crippen LogP contribution < -0.4 is 21.7 Å². The van der Waals surface area contributed by atoms with E-state index in [9.17, 15) is 14.4 Å². The van der Waals surface area contributed by atoms with Crippen molar-refractivity contribution in [2.24, 2.45) is 11.5 Å². The quantitative estimate of drug-likeness (QED) is 0.455. The van der Waals surface area contributed by atoms with Gasteiger partial charge in [-0.3, -0.25) is 14.4 Å². The second-order valence-corrected chi connectivity index (χ2v) is 10.7. The SMILES string of the molecule is CC(C)(N)CC(=O)N[C@@H]1CSc2ccccc2N(Cc2ccc(-c3ccccc3C(N)=O)cc2)C1=O. The molecule has 0 aliphatic carbocycles. The van der Waals surface area contributed by atoms with Gasteiger partial charge in [-0.25, -0.2) is 0 Å². The predicted molar refractivity (Wildman–Crippen MR) is 144 cm³/mol. The van der Waals surface area contributed by atoms with Gasteiger partial charge >= 0.3 is 0 Å². The molecule has 3 amide bonds. The van der Waals surface area contributed by atoms with Gasteiger partial charge in [0.2, 0.25) is 11.8 Å². The highest BCUT2D eigenvalue weighted by Crippen LogP contribution is 2.35. The number of anilines is 1. The first kappa shape index (κ1) is 25.5. The Labute approximate surface area is 215 Å². The lowest BCUT2D eigenvalue weighted by Crippen LogP contribution is -2.51. The minimum atomic E-state index is -0.668. The Balaban J connectivity index is 1.59. The maximum atomic E-state index is 13.6. The van der Waals surface area contributed by atoms with Crippen LogP contribution in [0.5, 0.6) is 0 Å². The average Bonchev–Trinajstić information content (AvgIpc) is 2.96. The summed E-state index contributed by atoms with van der Waals surface area (Å²) in [5, 5.41) is 2.89. The van der Waals surface area contributed by atoms with Gasteiger partial charge in [0.05, 0.1) is 12.2 Å². The van der Waals surface area contributed by atoms with Crippen molar-refractivity contribution in [3.63, 3.8) is 0 Å². The van der Waals surface area contributed by atoms with E-state index in [0.717, 1.165) is 27.3 Å². The fourth-order valence-electron chi connectivity index (χ4n) is 4.20. The molecular weight excluding hydrogens is 472 g/mol. The number of rotatable bonds is 7. The van der Waals surface area contributed by atoms with Crippen molar-refractivity contribution in [2.75, 3.05) is 10.7 Å². The second kappa shape index (κ2) is 10.6. The fourth-order valence-corrected chi connectivity index (χ4v) is 5.27. The minimum Gasteiger partial charge on any atom is -0.366 e. The lowest BCUT2D eigenvalue weighted by atomic mass is 9.98. The largest absolute Gasteiger partial charge is 0.366 e. The number of carbonyl (C=O) groups excluding carboxylic acids is 3. The minimum absolute atomic E-state index is 0.128. The number of nitrogens with zero attached hydrogens (tertiary/aromatic N) is 1. The van der Waals surface area contributed by atoms with Gasteiger partial charge in [0.25, 0.3) is 5.91 Å². The maximum absolute atomic E-state index is 13.6. The highest BCUT2D eigenvalue weighted by Gasteiger charge is 2.32. The Morgan fingerprint density at radius 3 is 2.39 bits per heavy atom. The van der Waals surface area contributed by atoms with Crippen LogP contribution in [0.25, 0.3) is 11.1 Å². The molecule has 4 rings (SSSR count). The lowest BCUT2D eigenvalue weighted by Gasteiger charge is -2.27. The highest BCUT2D eigenvalue weighted by molar-refractivity contribution is 7.99. The molecule has 1 aliphatic heterocycles. The Morgan fingerprint density at radius 2 is 1.69 bits per heavy atom. The predicted octanol–water partition coefficient (Wildman–Crippen LogP) is 3.70. The summed E-state index contributed by atoms with van der Waals surface area (Å²) in [6.07, 6.45) is 0.128. The van der Waals surface area contributed by atoms with Crippen LogP contribution in [0.3, 0.4) is 0 Å². The summed E-state index contributed by atoms with van der Waals surface area (Å²) in [4.78, 5) is 40.7. The molecule has 1 atom stereocenters. The van der Waals surface area contributed by atoms with E-state index < -0.39 is 17.5 Å². The normalized spacial score (nSPS) is 15.7. The van der Waals surface area contributed by atoms with Gasteiger partial charge < -0.3 is 21.7 Å². The number of benzene rings is 3. The smallest absolute Gasteiger partial charge is 0.250 e. The summed E-state index contributed by atoms with van der Waals surface area (Å²) < 4.78 is 0. The zero-order chi connectivity index (χ0) is 25.9. The van der Waals surface area contributed by atoms with Crippen LogP contribution >= 0.6 is 11.8 Å². The van der Waals surface area contributed by atoms with Crippen LogP contribution in [0.15, 0.2) is 77.7 Å². The summed E-state index contributed by atoms with van der Waals surface area (Å²) in [6, 6.07) is 22.0. The standard InChI is InChI=1S/C28H30N4O3S/c1-28(2,30)15-25(33)31-22-17-36-24-10-6-5-9-23(24)32(27(22)35)16-18-11-13-19(14-12-18)20-7-3-4-8-21(20)26(29)34/h3-14,22H,15-17,30H2,1-2H3,(H2,29,34)(H,31,33)/t22-/m1/s1. The van der Waals surface area contributed by atoms with E-state index in [4.69, 9.17) is 11.5 Å². The summed E-state index contributed by atoms with van der Waals surface area (Å²) in [6.45, 7) is 3.90. The van der Waals surface area contributed by atoms with Gasteiger partial charge in [-0.05, 0) is 48.7 Å². The summed E-state index contributed by atoms with van der Waals surface area (Å²) in [7, 11) is 0. The molecule has 8 heteroatoms. The number of para-hydroxylation sites is 1. The van der Waals surface area contributed by atoms with Crippen molar-refractivity contribution >= 4 is 35.2 Å². The number of carbonyl (C=O) groups is 3. The topological polar surface area (TPSA) is 119 Å². The van der Waals surface area contributed by atoms with Crippen molar-refractivity contribution in [2.45, 2.75) is 43.3 Å². The second-order valence-electron chi connectivity index (χ2n) is 9.60. The van der Waals surface area contributed by atoms with Gasteiger partial charge in [0.15, 0.2) is 0 Å². The molecule has 0 fully saturated rings. The molecule has 0 spiro atoms. The van der Waals surface area contributed by atoms with Crippen molar-refractivity contribution in [1.29, 1.82) is 0 Å². The zero-order valence-electron chi connectivity index (χ0n) is 20.4. The third kappa shape index (κ3) is 5.95. The fraction of sp³-hybridized carbons (Fsp3) is 0.250. The van der Waals surface area contributed by atoms with Gasteiger partial charge in [-0.15, -0.1) is 11.8 Å². The van der Waals surface area contributed by atoms with Crippen LogP contribution in [0.2, 0.25) is 0 Å². The molecule has 7 nitrogen and oxygen atoms in total. The number of hydrogen-bond acceptors (Lipinski definition) is 5. The third-order valence-electron chi connectivity index (χ3n) is 5.88. The number of nitrogens with one attached hydrogen (secondary N) is 1. The summed E-state index contributed by atoms with van der Waals surface area (Å²) in [5.74, 6) is -0.458. The van der Waals surface area contributed by atoms with Gasteiger partial charge in [-0.1, -0.05) is 54.6 Å². The number of fused-ring (bicyclic) bond motifs is 1. The van der Waals surface area contributed by atoms with Crippen molar-refractivity contribution < 1.29 is 14.4 Å². The molecule has 0 saturated carbocycles. The molecule has 0 unspecified atom stereocenters. The zero-order valence-corrected chi connectivity index (χ0v) is 21.2. The Hall–Kier alpha value is -3.62. The van der Waals surface area contributed by atoms with E-state index in [2.05, 4.69) is 5.32 Å². The van der Waals surface area contributed by atoms with Gasteiger partial charge in [0, 0.05) is 28.2 Å². The summed E-state index contributed by atoms with van der Waals surface area (Å²) >= 11 is 1.55. The monoisotopic (exact) mass is 502 g/mol. The number of amides is 3. The van der Waals surface area contributed by atoms with Crippen LogP contribution in [0.4, 0.5) is 5.69 Å². The first-order valence-electron chi connectivity index (χ1n) is 11.7. The number of hydrogen-bond donors (Lipinski definition) is 3. The Kier molecular flexibility index (Phi) is 7.47. The van der Waals surface area contributed by atoms with E-state index in [1.165, 1.54) is 0 Å². The molecule has 186 valence electrons. The molecule has 0 saturated heterocycles. The Bertz CT molecular complexity index is 1280. The molecule has 5 N–H and O–H groups in total. The van der Waals surface area contributed by atoms with Gasteiger partial charge in [-0.2, -0.15) is 0 Å². The highest BCUT2D eigenvalue weighted by atomic mass is 32.2. The molecule has 3 aromatic rings. The van der Waals surface area contributed by atoms with E-state index in [0.29, 0.717) is 17.9 Å². The maximum Gasteiger partial charge on any atom is 0.250 e. The first-order valence-corrected chi connectivity index (χ1v) is 12.7. The molecule has 0 aromatic heterocycles. The number of nitrogens with two attached hydrogens (primary N) is 2.